The summed E-state index contributed by atoms with van der Waals surface area (Å²) in [7, 11) is 3.33. The molecule has 0 amide bonds. The van der Waals surface area contributed by atoms with Gasteiger partial charge in [-0.25, -0.2) is 0 Å². The number of para-hydroxylation sites is 2. The van der Waals surface area contributed by atoms with Crippen LogP contribution in [-0.2, 0) is 4.74 Å². The van der Waals surface area contributed by atoms with Gasteiger partial charge < -0.3 is 31.9 Å². The lowest BCUT2D eigenvalue weighted by Gasteiger charge is -2.07. The highest BCUT2D eigenvalue weighted by Gasteiger charge is 2.00. The molecule has 20 heavy (non-hydrogen) atoms. The molecule has 1 aromatic rings. The predicted octanol–water partition coefficient (Wildman–Crippen LogP) is -1.29. The first-order chi connectivity index (χ1) is 9.38. The van der Waals surface area contributed by atoms with Crippen molar-refractivity contribution in [2.45, 2.75) is 6.42 Å². The number of rotatable bonds is 8. The van der Waals surface area contributed by atoms with Crippen LogP contribution in [0.1, 0.15) is 6.42 Å². The smallest absolute Gasteiger partial charge is 0.162 e. The summed E-state index contributed by atoms with van der Waals surface area (Å²) in [6.45, 7) is 2.71. The Morgan fingerprint density at radius 2 is 1.85 bits per heavy atom. The van der Waals surface area contributed by atoms with Gasteiger partial charge in [0.25, 0.3) is 0 Å². The molecule has 0 aliphatic carbocycles. The molecule has 5 heteroatoms. The Hall–Kier alpha value is -1.41. The van der Waals surface area contributed by atoms with Crippen LogP contribution in [0.25, 0.3) is 0 Å². The van der Waals surface area contributed by atoms with Crippen LogP contribution in [-0.4, -0.2) is 40.5 Å². The Morgan fingerprint density at radius 1 is 1.10 bits per heavy atom. The van der Waals surface area contributed by atoms with E-state index in [1.54, 1.807) is 14.2 Å². The molecule has 0 saturated carbocycles. The Bertz CT molecular complexity index is 415. The first kappa shape index (κ1) is 18.6. The van der Waals surface area contributed by atoms with Crippen LogP contribution in [0.15, 0.2) is 24.3 Å². The second-order valence-corrected chi connectivity index (χ2v) is 3.82. The zero-order chi connectivity index (χ0) is 13.8. The number of hydrogen-bond donors (Lipinski definition) is 1. The number of nitrogens with one attached hydrogen (secondary N) is 1. The molecule has 0 radical (unpaired) electrons. The molecule has 1 rings (SSSR count). The van der Waals surface area contributed by atoms with Gasteiger partial charge in [-0.1, -0.05) is 24.0 Å². The zero-order valence-corrected chi connectivity index (χ0v) is 12.7. The SMILES string of the molecule is COCCCNCC#CCOc1ccccc1OC.[Cl-]. The first-order valence-corrected chi connectivity index (χ1v) is 6.29. The van der Waals surface area contributed by atoms with Gasteiger partial charge in [0.2, 0.25) is 0 Å². The number of benzene rings is 1. The van der Waals surface area contributed by atoms with Crippen molar-refractivity contribution in [1.29, 1.82) is 0 Å². The Morgan fingerprint density at radius 3 is 2.55 bits per heavy atom. The minimum atomic E-state index is 0. The molecule has 112 valence electrons. The summed E-state index contributed by atoms with van der Waals surface area (Å²) in [5.41, 5.74) is 0. The number of halogens is 1. The molecule has 4 nitrogen and oxygen atoms in total. The van der Waals surface area contributed by atoms with Gasteiger partial charge in [0.05, 0.1) is 13.7 Å². The van der Waals surface area contributed by atoms with Gasteiger partial charge >= 0.3 is 0 Å². The van der Waals surface area contributed by atoms with E-state index in [-0.39, 0.29) is 12.4 Å². The Labute approximate surface area is 127 Å². The molecule has 0 atom stereocenters. The maximum Gasteiger partial charge on any atom is 0.162 e. The van der Waals surface area contributed by atoms with Crippen LogP contribution in [0.2, 0.25) is 0 Å². The molecule has 0 unspecified atom stereocenters. The minimum absolute atomic E-state index is 0. The fourth-order valence-corrected chi connectivity index (χ4v) is 1.46. The standard InChI is InChI=1S/C15H21NO3.ClH/c1-17-12-7-11-16-10-5-6-13-19-15-9-4-3-8-14(15)18-2;/h3-4,8-9,16H,7,10-13H2,1-2H3;1H/p-1. The maximum atomic E-state index is 5.53. The topological polar surface area (TPSA) is 39.7 Å². The maximum absolute atomic E-state index is 5.53. The monoisotopic (exact) mass is 298 g/mol. The van der Waals surface area contributed by atoms with Gasteiger partial charge in [-0.2, -0.15) is 0 Å². The molecule has 0 bridgehead atoms. The number of hydrogen-bond acceptors (Lipinski definition) is 4. The summed E-state index contributed by atoms with van der Waals surface area (Å²) in [5, 5.41) is 3.21. The lowest BCUT2D eigenvalue weighted by molar-refractivity contribution is -0.00000495. The third-order valence-corrected chi connectivity index (χ3v) is 2.41. The highest BCUT2D eigenvalue weighted by Crippen LogP contribution is 2.25. The molecule has 0 aromatic heterocycles. The van der Waals surface area contributed by atoms with Gasteiger partial charge in [-0.15, -0.1) is 0 Å². The van der Waals surface area contributed by atoms with E-state index >= 15 is 0 Å². The molecule has 0 saturated heterocycles. The highest BCUT2D eigenvalue weighted by atomic mass is 35.5. The molecular weight excluding hydrogens is 278 g/mol. The summed E-state index contributed by atoms with van der Waals surface area (Å²) in [6.07, 6.45) is 0.996. The third kappa shape index (κ3) is 7.90. The van der Waals surface area contributed by atoms with Crippen LogP contribution in [0.4, 0.5) is 0 Å². The number of methoxy groups -OCH3 is 2. The van der Waals surface area contributed by atoms with Gasteiger partial charge in [0.15, 0.2) is 11.5 Å². The Kier molecular flexibility index (Phi) is 11.7. The normalized spacial score (nSPS) is 9.10. The third-order valence-electron chi connectivity index (χ3n) is 2.41. The second-order valence-electron chi connectivity index (χ2n) is 3.82. The van der Waals surface area contributed by atoms with Crippen molar-refractivity contribution in [3.8, 4) is 23.3 Å². The second kappa shape index (κ2) is 12.6. The van der Waals surface area contributed by atoms with Gasteiger partial charge in [-0.3, -0.25) is 0 Å². The van der Waals surface area contributed by atoms with E-state index in [9.17, 15) is 0 Å². The van der Waals surface area contributed by atoms with Crippen molar-refractivity contribution in [3.63, 3.8) is 0 Å². The minimum Gasteiger partial charge on any atom is -1.00 e. The molecular formula is C15H21ClNO3-. The summed E-state index contributed by atoms with van der Waals surface area (Å²) in [6, 6.07) is 7.54. The summed E-state index contributed by atoms with van der Waals surface area (Å²) >= 11 is 0. The molecule has 0 fully saturated rings. The molecule has 1 aromatic carbocycles. The zero-order valence-electron chi connectivity index (χ0n) is 11.9. The fraction of sp³-hybridized carbons (Fsp3) is 0.467. The first-order valence-electron chi connectivity index (χ1n) is 6.29. The van der Waals surface area contributed by atoms with Crippen molar-refractivity contribution in [2.75, 3.05) is 40.5 Å². The summed E-state index contributed by atoms with van der Waals surface area (Å²) in [5.74, 6) is 7.40. The summed E-state index contributed by atoms with van der Waals surface area (Å²) < 4.78 is 15.7. The van der Waals surface area contributed by atoms with Crippen LogP contribution < -0.4 is 27.2 Å². The van der Waals surface area contributed by atoms with Crippen LogP contribution in [0.3, 0.4) is 0 Å². The van der Waals surface area contributed by atoms with Crippen molar-refractivity contribution in [1.82, 2.24) is 5.32 Å². The van der Waals surface area contributed by atoms with Crippen molar-refractivity contribution < 1.29 is 26.6 Å². The number of ether oxygens (including phenoxy) is 3. The highest BCUT2D eigenvalue weighted by molar-refractivity contribution is 5.39. The van der Waals surface area contributed by atoms with E-state index in [1.807, 2.05) is 24.3 Å². The van der Waals surface area contributed by atoms with Gasteiger partial charge in [-0.05, 0) is 25.1 Å². The van der Waals surface area contributed by atoms with E-state index in [0.29, 0.717) is 18.9 Å². The van der Waals surface area contributed by atoms with Crippen molar-refractivity contribution in [2.24, 2.45) is 0 Å². The van der Waals surface area contributed by atoms with Crippen LogP contribution >= 0.6 is 0 Å². The average molecular weight is 299 g/mol. The molecule has 0 heterocycles. The molecule has 0 aliphatic rings. The molecule has 0 spiro atoms. The van der Waals surface area contributed by atoms with Crippen LogP contribution in [0, 0.1) is 11.8 Å². The van der Waals surface area contributed by atoms with E-state index in [1.165, 1.54) is 0 Å². The van der Waals surface area contributed by atoms with Crippen LogP contribution in [0.5, 0.6) is 11.5 Å². The van der Waals surface area contributed by atoms with E-state index in [4.69, 9.17) is 14.2 Å². The lowest BCUT2D eigenvalue weighted by Crippen LogP contribution is -3.00. The molecule has 1 N–H and O–H groups in total. The van der Waals surface area contributed by atoms with E-state index in [2.05, 4.69) is 17.2 Å². The quantitative estimate of drug-likeness (QED) is 0.479. The van der Waals surface area contributed by atoms with E-state index < -0.39 is 0 Å². The van der Waals surface area contributed by atoms with E-state index in [0.717, 1.165) is 25.3 Å². The summed E-state index contributed by atoms with van der Waals surface area (Å²) in [4.78, 5) is 0. The average Bonchev–Trinajstić information content (AvgIpc) is 2.46. The van der Waals surface area contributed by atoms with Gasteiger partial charge in [0.1, 0.15) is 6.61 Å². The predicted molar refractivity (Wildman–Crippen MR) is 75.6 cm³/mol. The molecule has 0 aliphatic heterocycles. The Balaban J connectivity index is 0.00000361. The fourth-order valence-electron chi connectivity index (χ4n) is 1.46. The lowest BCUT2D eigenvalue weighted by atomic mass is 10.3. The van der Waals surface area contributed by atoms with Crippen molar-refractivity contribution >= 4 is 0 Å². The van der Waals surface area contributed by atoms with Crippen molar-refractivity contribution in [3.05, 3.63) is 24.3 Å². The largest absolute Gasteiger partial charge is 1.00 e. The van der Waals surface area contributed by atoms with Gasteiger partial charge in [0, 0.05) is 13.7 Å².